The number of ketones is 1. The van der Waals surface area contributed by atoms with Gasteiger partial charge in [0.05, 0.1) is 5.69 Å². The number of rotatable bonds is 2. The molecule has 0 saturated heterocycles. The maximum Gasteiger partial charge on any atom is 0.195 e. The molecule has 0 radical (unpaired) electrons. The Morgan fingerprint density at radius 1 is 1.44 bits per heavy atom. The van der Waals surface area contributed by atoms with Crippen LogP contribution in [0.4, 0.5) is 0 Å². The average molecular weight is 235 g/mol. The summed E-state index contributed by atoms with van der Waals surface area (Å²) >= 11 is 5.91. The normalized spacial score (nSPS) is 10.4. The van der Waals surface area contributed by atoms with Gasteiger partial charge in [0.15, 0.2) is 11.6 Å². The molecule has 1 heterocycles. The molecule has 0 spiro atoms. The van der Waals surface area contributed by atoms with Gasteiger partial charge in [-0.2, -0.15) is 0 Å². The molecule has 0 fully saturated rings. The minimum atomic E-state index is -0.0728. The fraction of sp³-hybridized carbons (Fsp3) is 0.167. The molecule has 2 aromatic rings. The number of imidazole rings is 1. The Bertz CT molecular complexity index is 546. The third kappa shape index (κ3) is 1.99. The van der Waals surface area contributed by atoms with E-state index in [1.807, 2.05) is 25.1 Å². The van der Waals surface area contributed by atoms with Crippen LogP contribution in [0.3, 0.4) is 0 Å². The highest BCUT2D eigenvalue weighted by Gasteiger charge is 2.11. The van der Waals surface area contributed by atoms with Crippen LogP contribution in [0.2, 0.25) is 5.02 Å². The Balaban J connectivity index is 2.52. The van der Waals surface area contributed by atoms with Gasteiger partial charge < -0.3 is 4.98 Å². The van der Waals surface area contributed by atoms with E-state index in [9.17, 15) is 4.79 Å². The Kier molecular flexibility index (Phi) is 2.79. The number of aromatic amines is 1. The first-order valence-electron chi connectivity index (χ1n) is 4.91. The maximum absolute atomic E-state index is 11.2. The molecule has 0 saturated carbocycles. The van der Waals surface area contributed by atoms with Crippen LogP contribution in [-0.4, -0.2) is 15.8 Å². The molecule has 0 aliphatic heterocycles. The van der Waals surface area contributed by atoms with Crippen LogP contribution in [0.5, 0.6) is 0 Å². The standard InChI is InChI=1S/C12H11ClN2O/c1-7-11(15-12(14-7)8(2)16)9-4-3-5-10(13)6-9/h3-6H,1-2H3,(H,14,15). The van der Waals surface area contributed by atoms with Gasteiger partial charge in [0.1, 0.15) is 0 Å². The minimum Gasteiger partial charge on any atom is -0.339 e. The van der Waals surface area contributed by atoms with E-state index >= 15 is 0 Å². The Labute approximate surface area is 98.5 Å². The summed E-state index contributed by atoms with van der Waals surface area (Å²) in [7, 11) is 0. The molecule has 16 heavy (non-hydrogen) atoms. The largest absolute Gasteiger partial charge is 0.339 e. The summed E-state index contributed by atoms with van der Waals surface area (Å²) in [6.45, 7) is 3.37. The van der Waals surface area contributed by atoms with Crippen LogP contribution in [-0.2, 0) is 0 Å². The van der Waals surface area contributed by atoms with Crippen LogP contribution < -0.4 is 0 Å². The summed E-state index contributed by atoms with van der Waals surface area (Å²) in [5.41, 5.74) is 2.55. The molecule has 1 aromatic heterocycles. The van der Waals surface area contributed by atoms with Crippen molar-refractivity contribution >= 4 is 17.4 Å². The zero-order chi connectivity index (χ0) is 11.7. The predicted octanol–water partition coefficient (Wildman–Crippen LogP) is 3.24. The van der Waals surface area contributed by atoms with Gasteiger partial charge in [-0.1, -0.05) is 23.7 Å². The first-order chi connectivity index (χ1) is 7.58. The van der Waals surface area contributed by atoms with E-state index in [4.69, 9.17) is 11.6 Å². The number of carbonyl (C=O) groups excluding carboxylic acids is 1. The highest BCUT2D eigenvalue weighted by molar-refractivity contribution is 6.30. The van der Waals surface area contributed by atoms with E-state index in [0.29, 0.717) is 10.8 Å². The van der Waals surface area contributed by atoms with Gasteiger partial charge in [-0.05, 0) is 19.1 Å². The first-order valence-corrected chi connectivity index (χ1v) is 5.29. The number of H-pyrrole nitrogens is 1. The predicted molar refractivity (Wildman–Crippen MR) is 63.8 cm³/mol. The Hall–Kier alpha value is -1.61. The van der Waals surface area contributed by atoms with E-state index in [-0.39, 0.29) is 5.78 Å². The molecular formula is C12H11ClN2O. The second-order valence-electron chi connectivity index (χ2n) is 3.63. The fourth-order valence-corrected chi connectivity index (χ4v) is 1.73. The van der Waals surface area contributed by atoms with Gasteiger partial charge in [0, 0.05) is 23.2 Å². The third-order valence-corrected chi connectivity index (χ3v) is 2.55. The van der Waals surface area contributed by atoms with Gasteiger partial charge in [0.25, 0.3) is 0 Å². The number of aryl methyl sites for hydroxylation is 1. The summed E-state index contributed by atoms with van der Waals surface area (Å²) in [4.78, 5) is 18.4. The van der Waals surface area contributed by atoms with Crippen LogP contribution in [0.1, 0.15) is 23.2 Å². The monoisotopic (exact) mass is 234 g/mol. The fourth-order valence-electron chi connectivity index (χ4n) is 1.54. The molecule has 0 amide bonds. The van der Waals surface area contributed by atoms with Gasteiger partial charge in [-0.15, -0.1) is 0 Å². The molecule has 2 rings (SSSR count). The molecule has 0 atom stereocenters. The Morgan fingerprint density at radius 3 is 2.75 bits per heavy atom. The van der Waals surface area contributed by atoms with Crippen molar-refractivity contribution in [3.05, 3.63) is 40.8 Å². The molecule has 1 N–H and O–H groups in total. The topological polar surface area (TPSA) is 45.8 Å². The van der Waals surface area contributed by atoms with Crippen LogP contribution in [0, 0.1) is 6.92 Å². The lowest BCUT2D eigenvalue weighted by atomic mass is 10.1. The number of hydrogen-bond donors (Lipinski definition) is 1. The van der Waals surface area contributed by atoms with Crippen molar-refractivity contribution in [1.29, 1.82) is 0 Å². The summed E-state index contributed by atoms with van der Waals surface area (Å²) in [6, 6.07) is 7.41. The number of Topliss-reactive ketones (excluding diaryl/α,β-unsaturated/α-hetero) is 1. The number of nitrogens with one attached hydrogen (secondary N) is 1. The van der Waals surface area contributed by atoms with Gasteiger partial charge >= 0.3 is 0 Å². The second-order valence-corrected chi connectivity index (χ2v) is 4.06. The van der Waals surface area contributed by atoms with Gasteiger partial charge in [-0.25, -0.2) is 4.98 Å². The van der Waals surface area contributed by atoms with Crippen molar-refractivity contribution < 1.29 is 4.79 Å². The van der Waals surface area contributed by atoms with Crippen LogP contribution >= 0.6 is 11.6 Å². The highest BCUT2D eigenvalue weighted by atomic mass is 35.5. The third-order valence-electron chi connectivity index (χ3n) is 2.32. The van der Waals surface area contributed by atoms with Gasteiger partial charge in [-0.3, -0.25) is 4.79 Å². The van der Waals surface area contributed by atoms with E-state index in [0.717, 1.165) is 17.0 Å². The van der Waals surface area contributed by atoms with E-state index in [2.05, 4.69) is 9.97 Å². The van der Waals surface area contributed by atoms with Gasteiger partial charge in [0.2, 0.25) is 0 Å². The lowest BCUT2D eigenvalue weighted by Gasteiger charge is -1.98. The molecular weight excluding hydrogens is 224 g/mol. The summed E-state index contributed by atoms with van der Waals surface area (Å²) in [5, 5.41) is 0.657. The smallest absolute Gasteiger partial charge is 0.195 e. The minimum absolute atomic E-state index is 0.0728. The van der Waals surface area contributed by atoms with Crippen molar-refractivity contribution in [3.8, 4) is 11.3 Å². The summed E-state index contributed by atoms with van der Waals surface area (Å²) in [6.07, 6.45) is 0. The lowest BCUT2D eigenvalue weighted by molar-refractivity contribution is 0.100. The van der Waals surface area contributed by atoms with Crippen molar-refractivity contribution in [2.45, 2.75) is 13.8 Å². The summed E-state index contributed by atoms with van der Waals surface area (Å²) < 4.78 is 0. The van der Waals surface area contributed by atoms with Crippen LogP contribution in [0.15, 0.2) is 24.3 Å². The van der Waals surface area contributed by atoms with Crippen molar-refractivity contribution in [1.82, 2.24) is 9.97 Å². The molecule has 0 bridgehead atoms. The quantitative estimate of drug-likeness (QED) is 0.811. The lowest BCUT2D eigenvalue weighted by Crippen LogP contribution is -1.94. The molecule has 3 nitrogen and oxygen atoms in total. The highest BCUT2D eigenvalue weighted by Crippen LogP contribution is 2.23. The zero-order valence-electron chi connectivity index (χ0n) is 9.04. The Morgan fingerprint density at radius 2 is 2.19 bits per heavy atom. The van der Waals surface area contributed by atoms with Crippen LogP contribution in [0.25, 0.3) is 11.3 Å². The zero-order valence-corrected chi connectivity index (χ0v) is 9.80. The summed E-state index contributed by atoms with van der Waals surface area (Å²) in [5.74, 6) is 0.309. The molecule has 0 unspecified atom stereocenters. The number of hydrogen-bond acceptors (Lipinski definition) is 2. The van der Waals surface area contributed by atoms with E-state index in [1.54, 1.807) is 6.07 Å². The van der Waals surface area contributed by atoms with Crippen molar-refractivity contribution in [3.63, 3.8) is 0 Å². The first kappa shape index (κ1) is 10.9. The second kappa shape index (κ2) is 4.10. The molecule has 4 heteroatoms. The molecule has 82 valence electrons. The number of halogens is 1. The average Bonchev–Trinajstić information content (AvgIpc) is 2.60. The maximum atomic E-state index is 11.2. The van der Waals surface area contributed by atoms with Crippen molar-refractivity contribution in [2.75, 3.05) is 0 Å². The number of carbonyl (C=O) groups is 1. The van der Waals surface area contributed by atoms with E-state index < -0.39 is 0 Å². The van der Waals surface area contributed by atoms with E-state index in [1.165, 1.54) is 6.92 Å². The van der Waals surface area contributed by atoms with Crippen molar-refractivity contribution in [2.24, 2.45) is 0 Å². The molecule has 0 aliphatic rings. The number of benzene rings is 1. The SMILES string of the molecule is CC(=O)c1nc(-c2cccc(Cl)c2)c(C)[nH]1. The molecule has 1 aromatic carbocycles. The number of nitrogens with zero attached hydrogens (tertiary/aromatic N) is 1. The number of aromatic nitrogens is 2. The molecule has 0 aliphatic carbocycles.